The molecule has 0 radical (unpaired) electrons. The highest BCUT2D eigenvalue weighted by atomic mass is 19.1. The molecule has 206 valence electrons. The number of benzene rings is 1. The zero-order chi connectivity index (χ0) is 27.4. The van der Waals surface area contributed by atoms with Gasteiger partial charge in [0.1, 0.15) is 5.75 Å². The van der Waals surface area contributed by atoms with Gasteiger partial charge in [-0.05, 0) is 56.9 Å². The molecule has 2 fully saturated rings. The van der Waals surface area contributed by atoms with Crippen LogP contribution in [0.3, 0.4) is 0 Å². The first-order valence-corrected chi connectivity index (χ1v) is 13.1. The number of rotatable bonds is 8. The number of nitrogens with one attached hydrogen (secondary N) is 2. The Balaban J connectivity index is 1.69. The van der Waals surface area contributed by atoms with Crippen LogP contribution in [0.15, 0.2) is 12.1 Å². The molecular weight excluding hydrogens is 479 g/mol. The Morgan fingerprint density at radius 1 is 1.05 bits per heavy atom. The smallest absolute Gasteiger partial charge is 0.311 e. The fourth-order valence-electron chi connectivity index (χ4n) is 5.12. The third-order valence-corrected chi connectivity index (χ3v) is 7.47. The first-order chi connectivity index (χ1) is 17.4. The quantitative estimate of drug-likeness (QED) is 0.493. The molecule has 37 heavy (non-hydrogen) atoms. The van der Waals surface area contributed by atoms with Crippen LogP contribution in [0.2, 0.25) is 0 Å². The zero-order valence-electron chi connectivity index (χ0n) is 22.9. The zero-order valence-corrected chi connectivity index (χ0v) is 22.9. The van der Waals surface area contributed by atoms with E-state index in [-0.39, 0.29) is 52.4 Å². The Labute approximate surface area is 219 Å². The third kappa shape index (κ3) is 7.14. The second kappa shape index (κ2) is 11.7. The molecule has 9 heteroatoms. The van der Waals surface area contributed by atoms with Crippen LogP contribution < -0.4 is 20.1 Å². The molecule has 0 saturated heterocycles. The Morgan fingerprint density at radius 2 is 1.73 bits per heavy atom. The lowest BCUT2D eigenvalue weighted by Crippen LogP contribution is -2.45. The van der Waals surface area contributed by atoms with Gasteiger partial charge in [-0.1, -0.05) is 27.2 Å². The van der Waals surface area contributed by atoms with Crippen LogP contribution in [0.4, 0.5) is 4.39 Å². The summed E-state index contributed by atoms with van der Waals surface area (Å²) in [5.41, 5.74) is -0.467. The molecule has 2 amide bonds. The third-order valence-electron chi connectivity index (χ3n) is 7.47. The van der Waals surface area contributed by atoms with Crippen LogP contribution in [0.25, 0.3) is 0 Å². The van der Waals surface area contributed by atoms with Crippen LogP contribution in [0, 0.1) is 22.6 Å². The van der Waals surface area contributed by atoms with Gasteiger partial charge < -0.3 is 24.8 Å². The van der Waals surface area contributed by atoms with Gasteiger partial charge in [-0.25, -0.2) is 4.39 Å². The minimum absolute atomic E-state index is 0.0384. The summed E-state index contributed by atoms with van der Waals surface area (Å²) in [7, 11) is 2.75. The molecule has 2 N–H and O–H groups in total. The van der Waals surface area contributed by atoms with Crippen molar-refractivity contribution in [2.75, 3.05) is 20.8 Å². The Bertz CT molecular complexity index is 997. The number of methoxy groups -OCH3 is 2. The highest BCUT2D eigenvalue weighted by Gasteiger charge is 2.39. The molecule has 2 atom stereocenters. The van der Waals surface area contributed by atoms with E-state index in [0.29, 0.717) is 45.1 Å². The van der Waals surface area contributed by atoms with Gasteiger partial charge in [0.25, 0.3) is 5.91 Å². The second-order valence-electron chi connectivity index (χ2n) is 11.7. The number of halogens is 1. The van der Waals surface area contributed by atoms with E-state index in [0.717, 1.165) is 12.5 Å². The highest BCUT2D eigenvalue weighted by molar-refractivity contribution is 5.98. The highest BCUT2D eigenvalue weighted by Crippen LogP contribution is 2.39. The molecule has 2 aliphatic rings. The lowest BCUT2D eigenvalue weighted by Gasteiger charge is -2.35. The summed E-state index contributed by atoms with van der Waals surface area (Å²) in [6.07, 6.45) is 4.18. The predicted octanol–water partition coefficient (Wildman–Crippen LogP) is 4.40. The van der Waals surface area contributed by atoms with Crippen molar-refractivity contribution >= 4 is 17.8 Å². The fourth-order valence-corrected chi connectivity index (χ4v) is 5.12. The lowest BCUT2D eigenvalue weighted by atomic mass is 9.75. The van der Waals surface area contributed by atoms with Crippen molar-refractivity contribution < 1.29 is 33.0 Å². The van der Waals surface area contributed by atoms with Gasteiger partial charge in [0.05, 0.1) is 37.2 Å². The summed E-state index contributed by atoms with van der Waals surface area (Å²) >= 11 is 0. The summed E-state index contributed by atoms with van der Waals surface area (Å²) in [5.74, 6) is -1.65. The van der Waals surface area contributed by atoms with Crippen molar-refractivity contribution in [3.63, 3.8) is 0 Å². The van der Waals surface area contributed by atoms with Gasteiger partial charge in [0, 0.05) is 18.7 Å². The molecule has 1 aromatic carbocycles. The van der Waals surface area contributed by atoms with Gasteiger partial charge in [-0.15, -0.1) is 0 Å². The molecule has 3 rings (SSSR count). The Kier molecular flexibility index (Phi) is 9.08. The Morgan fingerprint density at radius 3 is 2.32 bits per heavy atom. The standard InChI is InChI=1S/C28H41FN2O6/c1-27(2,3)16-30-24(32)18-8-7-9-21(18)31-25(33)19-14-23(20(29)15-22(19)35-5)37-17-10-12-28(4,13-11-17)26(34)36-6/h14-15,17-18,21H,7-13,16H2,1-6H3,(H,30,32)(H,31,33)/t17?,18-,21+,28?/m0/s1. The van der Waals surface area contributed by atoms with Crippen LogP contribution in [-0.4, -0.2) is 50.7 Å². The number of esters is 1. The number of carbonyl (C=O) groups is 3. The molecule has 0 bridgehead atoms. The molecule has 0 spiro atoms. The topological polar surface area (TPSA) is 103 Å². The fraction of sp³-hybridized carbons (Fsp3) is 0.679. The van der Waals surface area contributed by atoms with Crippen LogP contribution >= 0.6 is 0 Å². The molecule has 0 heterocycles. The van der Waals surface area contributed by atoms with E-state index in [1.165, 1.54) is 20.3 Å². The number of amides is 2. The summed E-state index contributed by atoms with van der Waals surface area (Å²) in [6.45, 7) is 8.56. The normalized spacial score (nSPS) is 25.8. The predicted molar refractivity (Wildman–Crippen MR) is 137 cm³/mol. The number of hydrogen-bond acceptors (Lipinski definition) is 6. The first kappa shape index (κ1) is 28.7. The van der Waals surface area contributed by atoms with E-state index in [9.17, 15) is 18.8 Å². The van der Waals surface area contributed by atoms with Gasteiger partial charge in [-0.2, -0.15) is 0 Å². The molecule has 1 aromatic rings. The molecule has 2 saturated carbocycles. The molecule has 8 nitrogen and oxygen atoms in total. The monoisotopic (exact) mass is 520 g/mol. The SMILES string of the molecule is COC(=O)C1(C)CCC(Oc2cc(C(=O)N[C@@H]3CCC[C@@H]3C(=O)NCC(C)(C)C)c(OC)cc2F)CC1. The lowest BCUT2D eigenvalue weighted by molar-refractivity contribution is -0.154. The van der Waals surface area contributed by atoms with Crippen molar-refractivity contribution in [1.29, 1.82) is 0 Å². The van der Waals surface area contributed by atoms with Gasteiger partial charge >= 0.3 is 5.97 Å². The first-order valence-electron chi connectivity index (χ1n) is 13.1. The second-order valence-corrected chi connectivity index (χ2v) is 11.7. The summed E-state index contributed by atoms with van der Waals surface area (Å²) in [6, 6.07) is 2.19. The van der Waals surface area contributed by atoms with Crippen molar-refractivity contribution in [3.05, 3.63) is 23.5 Å². The van der Waals surface area contributed by atoms with Crippen molar-refractivity contribution in [1.82, 2.24) is 10.6 Å². The van der Waals surface area contributed by atoms with Crippen LogP contribution in [0.1, 0.15) is 83.0 Å². The van der Waals surface area contributed by atoms with Crippen LogP contribution in [-0.2, 0) is 14.3 Å². The number of carbonyl (C=O) groups excluding carboxylic acids is 3. The number of hydrogen-bond donors (Lipinski definition) is 2. The van der Waals surface area contributed by atoms with E-state index in [4.69, 9.17) is 14.2 Å². The van der Waals surface area contributed by atoms with Gasteiger partial charge in [0.15, 0.2) is 11.6 Å². The average molecular weight is 521 g/mol. The largest absolute Gasteiger partial charge is 0.496 e. The maximum Gasteiger partial charge on any atom is 0.311 e. The minimum atomic E-state index is -0.630. The Hall–Kier alpha value is -2.84. The number of ether oxygens (including phenoxy) is 3. The maximum absolute atomic E-state index is 14.9. The van der Waals surface area contributed by atoms with Crippen molar-refractivity contribution in [2.45, 2.75) is 84.8 Å². The van der Waals surface area contributed by atoms with E-state index in [2.05, 4.69) is 10.6 Å². The van der Waals surface area contributed by atoms with E-state index < -0.39 is 17.1 Å². The van der Waals surface area contributed by atoms with Crippen molar-refractivity contribution in [2.24, 2.45) is 16.7 Å². The summed E-state index contributed by atoms with van der Waals surface area (Å²) < 4.78 is 31.0. The molecular formula is C28H41FN2O6. The van der Waals surface area contributed by atoms with E-state index in [1.54, 1.807) is 0 Å². The van der Waals surface area contributed by atoms with Crippen LogP contribution in [0.5, 0.6) is 11.5 Å². The molecule has 2 aliphatic carbocycles. The average Bonchev–Trinajstić information content (AvgIpc) is 3.31. The minimum Gasteiger partial charge on any atom is -0.496 e. The molecule has 0 unspecified atom stereocenters. The van der Waals surface area contributed by atoms with Crippen molar-refractivity contribution in [3.8, 4) is 11.5 Å². The maximum atomic E-state index is 14.9. The summed E-state index contributed by atoms with van der Waals surface area (Å²) in [4.78, 5) is 38.1. The van der Waals surface area contributed by atoms with E-state index >= 15 is 0 Å². The van der Waals surface area contributed by atoms with Gasteiger partial charge in [0.2, 0.25) is 5.91 Å². The molecule has 0 aliphatic heterocycles. The van der Waals surface area contributed by atoms with Gasteiger partial charge in [-0.3, -0.25) is 14.4 Å². The van der Waals surface area contributed by atoms with E-state index in [1.807, 2.05) is 27.7 Å². The summed E-state index contributed by atoms with van der Waals surface area (Å²) in [5, 5.41) is 5.96. The molecule has 0 aromatic heterocycles.